The van der Waals surface area contributed by atoms with E-state index in [0.29, 0.717) is 45.6 Å². The molecule has 0 radical (unpaired) electrons. The van der Waals surface area contributed by atoms with Gasteiger partial charge in [0.25, 0.3) is 0 Å². The molecule has 3 N–H and O–H groups in total. The summed E-state index contributed by atoms with van der Waals surface area (Å²) in [6.45, 7) is 13.8. The summed E-state index contributed by atoms with van der Waals surface area (Å²) in [4.78, 5) is 49.8. The van der Waals surface area contributed by atoms with Crippen molar-refractivity contribution in [2.45, 2.75) is 64.6 Å². The van der Waals surface area contributed by atoms with Crippen LogP contribution in [-0.4, -0.2) is 79.7 Å². The van der Waals surface area contributed by atoms with E-state index < -0.39 is 11.5 Å². The summed E-state index contributed by atoms with van der Waals surface area (Å²) in [5.41, 5.74) is 8.88. The molecule has 0 spiro atoms. The SMILES string of the molecule is C=CC(=O)N1[C@H](C)CN(c2nc(=O)n(C(/C(=N\C)C3CC3)=C(/N=C)C3CC3)c3nc(-c4cccc5[nH]nc(N)c45)c(F)cc23)[C@@H](C)[C@@H]1C. The molecule has 3 aromatic heterocycles. The molecule has 2 saturated carbocycles. The molecule has 3 atom stereocenters. The first-order valence-electron chi connectivity index (χ1n) is 16.3. The van der Waals surface area contributed by atoms with Crippen LogP contribution in [0.5, 0.6) is 0 Å². The second-order valence-electron chi connectivity index (χ2n) is 13.1. The number of nitrogen functional groups attached to an aromatic ring is 1. The van der Waals surface area contributed by atoms with Crippen molar-refractivity contribution in [2.75, 3.05) is 24.2 Å². The Bertz CT molecular complexity index is 2120. The van der Waals surface area contributed by atoms with Gasteiger partial charge in [0.1, 0.15) is 17.3 Å². The number of aromatic nitrogens is 5. The minimum absolute atomic E-state index is 0.0166. The zero-order valence-corrected chi connectivity index (χ0v) is 27.6. The molecule has 4 heterocycles. The molecule has 248 valence electrons. The van der Waals surface area contributed by atoms with Crippen molar-refractivity contribution in [3.05, 3.63) is 58.9 Å². The number of pyridine rings is 1. The molecule has 12 nitrogen and oxygen atoms in total. The van der Waals surface area contributed by atoms with E-state index in [-0.39, 0.29) is 53.0 Å². The van der Waals surface area contributed by atoms with Crippen molar-refractivity contribution in [3.8, 4) is 11.3 Å². The average molecular weight is 651 g/mol. The van der Waals surface area contributed by atoms with Gasteiger partial charge in [-0.3, -0.25) is 19.9 Å². The number of nitrogens with zero attached hydrogens (tertiary/aromatic N) is 8. The molecule has 1 aromatic carbocycles. The van der Waals surface area contributed by atoms with Crippen LogP contribution in [0.3, 0.4) is 0 Å². The van der Waals surface area contributed by atoms with Crippen LogP contribution in [0, 0.1) is 17.7 Å². The standard InChI is InChI=1S/C35H39FN10O2/c1-7-26(47)45-17(2)16-44(18(3)19(45)4)33-23-15-24(36)30(22-9-8-10-25-27(22)32(37)43-42-25)40-34(23)46(35(48)41-33)31(28(38-5)20-11-12-20)29(39-6)21-13-14-21/h7-10,15,17-21H,1,5,11-14,16H2,2-4,6H3,(H3,37,42,43)/b31-28+,39-29-/t17-,18+,19+/m1/s1. The number of aliphatic imine (C=N–C) groups is 2. The van der Waals surface area contributed by atoms with E-state index in [1.807, 2.05) is 25.7 Å². The molecule has 48 heavy (non-hydrogen) atoms. The fourth-order valence-corrected chi connectivity index (χ4v) is 7.20. The Kier molecular flexibility index (Phi) is 7.72. The zero-order valence-electron chi connectivity index (χ0n) is 27.6. The minimum Gasteiger partial charge on any atom is -0.382 e. The normalized spacial score (nSPS) is 22.3. The molecule has 13 heteroatoms. The molecule has 7 rings (SSSR count). The smallest absolute Gasteiger partial charge is 0.355 e. The summed E-state index contributed by atoms with van der Waals surface area (Å²) in [6.07, 6.45) is 4.99. The van der Waals surface area contributed by atoms with Crippen LogP contribution < -0.4 is 16.3 Å². The number of nitrogens with two attached hydrogens (primary N) is 1. The number of H-pyrrole nitrogens is 1. The van der Waals surface area contributed by atoms with Crippen LogP contribution in [-0.2, 0) is 4.79 Å². The number of nitrogens with one attached hydrogen (secondary N) is 1. The number of hydrogen-bond donors (Lipinski definition) is 2. The van der Waals surface area contributed by atoms with E-state index in [9.17, 15) is 9.59 Å². The van der Waals surface area contributed by atoms with Gasteiger partial charge >= 0.3 is 5.69 Å². The Labute approximate surface area is 277 Å². The minimum atomic E-state index is -0.612. The molecule has 1 saturated heterocycles. The van der Waals surface area contributed by atoms with Crippen molar-refractivity contribution in [1.29, 1.82) is 0 Å². The highest BCUT2D eigenvalue weighted by Crippen LogP contribution is 2.44. The highest BCUT2D eigenvalue weighted by molar-refractivity contribution is 6.22. The second kappa shape index (κ2) is 11.8. The predicted octanol–water partition coefficient (Wildman–Crippen LogP) is 4.82. The third-order valence-corrected chi connectivity index (χ3v) is 9.99. The lowest BCUT2D eigenvalue weighted by Gasteiger charge is -2.49. The maximum atomic E-state index is 16.5. The van der Waals surface area contributed by atoms with Crippen molar-refractivity contribution >= 4 is 57.6 Å². The van der Waals surface area contributed by atoms with Crippen molar-refractivity contribution in [1.82, 2.24) is 29.6 Å². The fraction of sp³-hybridized carbons (Fsp3) is 0.400. The van der Waals surface area contributed by atoms with E-state index in [2.05, 4.69) is 38.5 Å². The predicted molar refractivity (Wildman–Crippen MR) is 188 cm³/mol. The van der Waals surface area contributed by atoms with Gasteiger partial charge in [0.2, 0.25) is 5.91 Å². The van der Waals surface area contributed by atoms with E-state index in [1.165, 1.54) is 16.7 Å². The van der Waals surface area contributed by atoms with Crippen LogP contribution in [0.15, 0.2) is 57.4 Å². The summed E-state index contributed by atoms with van der Waals surface area (Å²) in [6, 6.07) is 5.93. The maximum Gasteiger partial charge on any atom is 0.355 e. The van der Waals surface area contributed by atoms with Gasteiger partial charge in [-0.05, 0) is 71.4 Å². The van der Waals surface area contributed by atoms with Crippen LogP contribution in [0.1, 0.15) is 46.5 Å². The second-order valence-corrected chi connectivity index (χ2v) is 13.1. The molecular weight excluding hydrogens is 611 g/mol. The molecule has 0 bridgehead atoms. The Morgan fingerprint density at radius 2 is 1.85 bits per heavy atom. The Balaban J connectivity index is 1.54. The topological polar surface area (TPSA) is 151 Å². The van der Waals surface area contributed by atoms with Gasteiger partial charge in [-0.15, -0.1) is 0 Å². The summed E-state index contributed by atoms with van der Waals surface area (Å²) in [7, 11) is 1.71. The highest BCUT2D eigenvalue weighted by atomic mass is 19.1. The first-order chi connectivity index (χ1) is 23.1. The van der Waals surface area contributed by atoms with Crippen molar-refractivity contribution in [2.24, 2.45) is 21.8 Å². The van der Waals surface area contributed by atoms with Gasteiger partial charge in [0.15, 0.2) is 11.5 Å². The number of hydrogen-bond acceptors (Lipinski definition) is 9. The molecule has 1 amide bonds. The molecule has 2 aliphatic carbocycles. The van der Waals surface area contributed by atoms with Gasteiger partial charge in [-0.1, -0.05) is 18.7 Å². The number of carbonyl (C=O) groups is 1. The zero-order chi connectivity index (χ0) is 34.0. The quantitative estimate of drug-likeness (QED) is 0.205. The van der Waals surface area contributed by atoms with Gasteiger partial charge in [-0.2, -0.15) is 10.1 Å². The number of halogens is 1. The summed E-state index contributed by atoms with van der Waals surface area (Å²) in [5.74, 6) is -0.0163. The number of piperazine rings is 1. The van der Waals surface area contributed by atoms with Crippen molar-refractivity contribution in [3.63, 3.8) is 0 Å². The number of rotatable bonds is 8. The van der Waals surface area contributed by atoms with Crippen LogP contribution in [0.4, 0.5) is 16.0 Å². The Morgan fingerprint density at radius 3 is 2.50 bits per heavy atom. The van der Waals surface area contributed by atoms with E-state index >= 15 is 4.39 Å². The van der Waals surface area contributed by atoms with Gasteiger partial charge < -0.3 is 15.5 Å². The third-order valence-electron chi connectivity index (χ3n) is 9.99. The monoisotopic (exact) mass is 650 g/mol. The molecule has 3 fully saturated rings. The Hall–Kier alpha value is -5.20. The Morgan fingerprint density at radius 1 is 1.12 bits per heavy atom. The molecule has 1 aliphatic heterocycles. The maximum absolute atomic E-state index is 16.5. The number of carbonyl (C=O) groups excluding carboxylic acids is 1. The van der Waals surface area contributed by atoms with Crippen molar-refractivity contribution < 1.29 is 9.18 Å². The average Bonchev–Trinajstić information content (AvgIpc) is 4.02. The number of fused-ring (bicyclic) bond motifs is 2. The lowest BCUT2D eigenvalue weighted by atomic mass is 9.99. The number of aromatic amines is 1. The first kappa shape index (κ1) is 31.4. The molecule has 3 aliphatic rings. The number of amides is 1. The lowest BCUT2D eigenvalue weighted by Crippen LogP contribution is -2.63. The summed E-state index contributed by atoms with van der Waals surface area (Å²) in [5, 5.41) is 7.89. The number of allylic oxidation sites excluding steroid dienone is 2. The highest BCUT2D eigenvalue weighted by Gasteiger charge is 2.41. The molecule has 0 unspecified atom stereocenters. The van der Waals surface area contributed by atoms with Gasteiger partial charge in [-0.25, -0.2) is 18.7 Å². The summed E-state index contributed by atoms with van der Waals surface area (Å²) >= 11 is 0. The largest absolute Gasteiger partial charge is 0.382 e. The lowest BCUT2D eigenvalue weighted by molar-refractivity contribution is -0.131. The molecule has 4 aromatic rings. The third kappa shape index (κ3) is 4.99. The first-order valence-corrected chi connectivity index (χ1v) is 16.3. The van der Waals surface area contributed by atoms with Gasteiger partial charge in [0, 0.05) is 49.1 Å². The number of anilines is 2. The van der Waals surface area contributed by atoms with E-state index in [1.54, 1.807) is 30.1 Å². The van der Waals surface area contributed by atoms with E-state index in [4.69, 9.17) is 10.7 Å². The van der Waals surface area contributed by atoms with Crippen LogP contribution in [0.2, 0.25) is 0 Å². The van der Waals surface area contributed by atoms with Crippen LogP contribution in [0.25, 0.3) is 38.9 Å². The number of benzene rings is 1. The van der Waals surface area contributed by atoms with Crippen LogP contribution >= 0.6 is 0 Å². The fourth-order valence-electron chi connectivity index (χ4n) is 7.20. The van der Waals surface area contributed by atoms with Gasteiger partial charge in [0.05, 0.1) is 33.4 Å². The van der Waals surface area contributed by atoms with E-state index in [0.717, 1.165) is 31.4 Å². The summed E-state index contributed by atoms with van der Waals surface area (Å²) < 4.78 is 18.0. The molecular formula is C35H39FN10O2.